The Morgan fingerprint density at radius 1 is 1.12 bits per heavy atom. The van der Waals surface area contributed by atoms with Crippen LogP contribution in [0.1, 0.15) is 18.1 Å². The van der Waals surface area contributed by atoms with Gasteiger partial charge in [-0.25, -0.2) is 0 Å². The smallest absolute Gasteiger partial charge is 0.138 e. The minimum absolute atomic E-state index is 0.0184. The molecule has 0 radical (unpaired) electrons. The molecule has 0 spiro atoms. The Morgan fingerprint density at radius 2 is 1.76 bits per heavy atom. The lowest BCUT2D eigenvalue weighted by Crippen LogP contribution is -2.57. The van der Waals surface area contributed by atoms with Gasteiger partial charge in [0.1, 0.15) is 40.6 Å². The molecule has 1 aliphatic rings. The summed E-state index contributed by atoms with van der Waals surface area (Å²) in [7, 11) is 0. The molecular weight excluding hydrogens is 354 g/mol. The lowest BCUT2D eigenvalue weighted by atomic mass is 10.0. The van der Waals surface area contributed by atoms with Crippen molar-refractivity contribution in [2.75, 3.05) is 6.61 Å². The number of oxime groups is 1. The summed E-state index contributed by atoms with van der Waals surface area (Å²) in [6, 6.07) is 5.82. The van der Waals surface area contributed by atoms with Gasteiger partial charge in [0.2, 0.25) is 0 Å². The van der Waals surface area contributed by atoms with E-state index in [1.165, 1.54) is 24.3 Å². The van der Waals surface area contributed by atoms with E-state index in [1.54, 1.807) is 0 Å². The van der Waals surface area contributed by atoms with E-state index >= 15 is 0 Å². The third-order valence-corrected chi connectivity index (χ3v) is 5.00. The molecule has 0 aromatic heterocycles. The summed E-state index contributed by atoms with van der Waals surface area (Å²) in [6.45, 7) is -0.566. The summed E-state index contributed by atoms with van der Waals surface area (Å²) < 4.78 is 5.31. The van der Waals surface area contributed by atoms with Crippen molar-refractivity contribution in [1.29, 1.82) is 0 Å². The molecule has 1 aromatic rings. The Morgan fingerprint density at radius 3 is 2.32 bits per heavy atom. The summed E-state index contributed by atoms with van der Waals surface area (Å²) >= 11 is 0.761. The highest BCUT2D eigenvalue weighted by atomic mass is 32.2. The summed E-state index contributed by atoms with van der Waals surface area (Å²) in [6.07, 6.45) is -6.72. The number of aliphatic hydroxyl groups is 5. The van der Waals surface area contributed by atoms with Gasteiger partial charge in [-0.15, -0.1) is 0 Å². The molecule has 0 amide bonds. The third-order valence-electron chi connectivity index (χ3n) is 3.86. The number of aromatic hydroxyl groups is 1. The molecule has 9 nitrogen and oxygen atoms in total. The van der Waals surface area contributed by atoms with Crippen molar-refractivity contribution >= 4 is 16.8 Å². The molecule has 25 heavy (non-hydrogen) atoms. The highest BCUT2D eigenvalue weighted by molar-refractivity contribution is 8.14. The average molecular weight is 375 g/mol. The van der Waals surface area contributed by atoms with E-state index in [-0.39, 0.29) is 17.2 Å². The predicted octanol–water partition coefficient (Wildman–Crippen LogP) is -0.863. The van der Waals surface area contributed by atoms with Gasteiger partial charge in [0.05, 0.1) is 12.7 Å². The summed E-state index contributed by atoms with van der Waals surface area (Å²) in [5.74, 6) is 0.0442. The standard InChI is InChI=1S/C15H21NO8S/c17-6-10-12(20)13(21)14(22)15(24-10)25-11(16-23)5-9(19)7-1-3-8(18)4-2-7/h1-4,9-10,12-15,17-23H,5-6H2/b16-11-/t9-,10+,12+,13-,14+,15-/m0/s1. The summed E-state index contributed by atoms with van der Waals surface area (Å²) in [4.78, 5) is 0. The van der Waals surface area contributed by atoms with Crippen LogP contribution in [-0.2, 0) is 4.74 Å². The fourth-order valence-electron chi connectivity index (χ4n) is 2.39. The van der Waals surface area contributed by atoms with E-state index in [0.29, 0.717) is 5.56 Å². The molecule has 7 N–H and O–H groups in total. The van der Waals surface area contributed by atoms with Crippen LogP contribution < -0.4 is 0 Å². The lowest BCUT2D eigenvalue weighted by molar-refractivity contribution is -0.205. The molecule has 6 atom stereocenters. The Bertz CT molecular complexity index is 581. The van der Waals surface area contributed by atoms with Crippen LogP contribution in [-0.4, -0.2) is 77.3 Å². The number of benzene rings is 1. The monoisotopic (exact) mass is 375 g/mol. The third kappa shape index (κ3) is 4.82. The molecule has 1 fully saturated rings. The first-order valence-corrected chi connectivity index (χ1v) is 8.40. The topological polar surface area (TPSA) is 163 Å². The largest absolute Gasteiger partial charge is 0.508 e. The van der Waals surface area contributed by atoms with Crippen LogP contribution in [0, 0.1) is 0 Å². The molecule has 140 valence electrons. The molecule has 0 bridgehead atoms. The van der Waals surface area contributed by atoms with Crippen molar-refractivity contribution in [3.8, 4) is 5.75 Å². The van der Waals surface area contributed by atoms with Crippen LogP contribution in [0.25, 0.3) is 0 Å². The van der Waals surface area contributed by atoms with Crippen molar-refractivity contribution in [2.45, 2.75) is 42.4 Å². The highest BCUT2D eigenvalue weighted by Gasteiger charge is 2.44. The van der Waals surface area contributed by atoms with E-state index in [0.717, 1.165) is 11.8 Å². The SMILES string of the molecule is OC[C@H]1O[C@@H](S/C(C[C@H](O)c2ccc(O)cc2)=N\O)[C@H](O)[C@@H](O)[C@@H]1O. The number of nitrogens with zero attached hydrogens (tertiary/aromatic N) is 1. The Balaban J connectivity index is 2.02. The van der Waals surface area contributed by atoms with E-state index in [4.69, 9.17) is 15.1 Å². The van der Waals surface area contributed by atoms with Crippen LogP contribution in [0.5, 0.6) is 5.75 Å². The Labute approximate surface area is 147 Å². The molecule has 1 saturated heterocycles. The minimum atomic E-state index is -1.54. The Kier molecular flexibility index (Phi) is 7.02. The van der Waals surface area contributed by atoms with E-state index in [9.17, 15) is 25.5 Å². The molecule has 0 saturated carbocycles. The fourth-order valence-corrected chi connectivity index (χ4v) is 3.46. The average Bonchev–Trinajstić information content (AvgIpc) is 2.61. The second-order valence-electron chi connectivity index (χ2n) is 5.62. The normalized spacial score (nSPS) is 31.7. The van der Waals surface area contributed by atoms with Crippen LogP contribution in [0.3, 0.4) is 0 Å². The zero-order valence-corrected chi connectivity index (χ0v) is 13.9. The molecule has 0 unspecified atom stereocenters. The van der Waals surface area contributed by atoms with Crippen molar-refractivity contribution in [1.82, 2.24) is 0 Å². The molecule has 2 rings (SSSR count). The second-order valence-corrected chi connectivity index (χ2v) is 6.79. The minimum Gasteiger partial charge on any atom is -0.508 e. The number of hydrogen-bond acceptors (Lipinski definition) is 10. The van der Waals surface area contributed by atoms with Gasteiger partial charge in [-0.05, 0) is 17.7 Å². The van der Waals surface area contributed by atoms with Gasteiger partial charge in [0.15, 0.2) is 0 Å². The van der Waals surface area contributed by atoms with Gasteiger partial charge in [-0.2, -0.15) is 0 Å². The number of phenols is 1. The predicted molar refractivity (Wildman–Crippen MR) is 88.3 cm³/mol. The maximum absolute atomic E-state index is 10.2. The summed E-state index contributed by atoms with van der Waals surface area (Å²) in [5.41, 5.74) is -0.623. The molecule has 0 aliphatic carbocycles. The molecule has 10 heteroatoms. The van der Waals surface area contributed by atoms with Gasteiger partial charge < -0.3 is 40.6 Å². The van der Waals surface area contributed by atoms with Crippen molar-refractivity contribution in [3.05, 3.63) is 29.8 Å². The van der Waals surface area contributed by atoms with Crippen LogP contribution >= 0.6 is 11.8 Å². The molecule has 1 heterocycles. The number of hydrogen-bond donors (Lipinski definition) is 7. The van der Waals surface area contributed by atoms with Crippen molar-refractivity contribution in [3.63, 3.8) is 0 Å². The maximum Gasteiger partial charge on any atom is 0.138 e. The quantitative estimate of drug-likeness (QED) is 0.150. The van der Waals surface area contributed by atoms with E-state index in [1.807, 2.05) is 0 Å². The second kappa shape index (κ2) is 8.81. The molecule has 1 aliphatic heterocycles. The van der Waals surface area contributed by atoms with Gasteiger partial charge in [-0.1, -0.05) is 29.1 Å². The Hall–Kier alpha value is -1.40. The maximum atomic E-state index is 10.2. The number of rotatable bonds is 5. The van der Waals surface area contributed by atoms with Crippen LogP contribution in [0.15, 0.2) is 29.4 Å². The highest BCUT2D eigenvalue weighted by Crippen LogP contribution is 2.32. The fraction of sp³-hybridized carbons (Fsp3) is 0.533. The zero-order chi connectivity index (χ0) is 18.6. The first-order valence-electron chi connectivity index (χ1n) is 7.52. The molecular formula is C15H21NO8S. The first-order chi connectivity index (χ1) is 11.9. The number of ether oxygens (including phenoxy) is 1. The number of phenolic OH excluding ortho intramolecular Hbond substituents is 1. The van der Waals surface area contributed by atoms with Gasteiger partial charge in [0, 0.05) is 6.42 Å². The van der Waals surface area contributed by atoms with E-state index < -0.39 is 42.6 Å². The van der Waals surface area contributed by atoms with Gasteiger partial charge in [0.25, 0.3) is 0 Å². The van der Waals surface area contributed by atoms with Crippen molar-refractivity contribution in [2.24, 2.45) is 5.16 Å². The van der Waals surface area contributed by atoms with Crippen molar-refractivity contribution < 1.29 is 40.6 Å². The van der Waals surface area contributed by atoms with Gasteiger partial charge >= 0.3 is 0 Å². The number of aliphatic hydroxyl groups excluding tert-OH is 5. The van der Waals surface area contributed by atoms with Gasteiger partial charge in [-0.3, -0.25) is 0 Å². The number of thioether (sulfide) groups is 1. The van der Waals surface area contributed by atoms with Crippen LogP contribution in [0.2, 0.25) is 0 Å². The molecule has 1 aromatic carbocycles. The first kappa shape index (κ1) is 19.9. The zero-order valence-electron chi connectivity index (χ0n) is 13.1. The lowest BCUT2D eigenvalue weighted by Gasteiger charge is -2.39. The van der Waals surface area contributed by atoms with E-state index in [2.05, 4.69) is 5.16 Å². The summed E-state index contributed by atoms with van der Waals surface area (Å²) in [5, 5.41) is 70.3. The van der Waals surface area contributed by atoms with Crippen LogP contribution in [0.4, 0.5) is 0 Å².